The fraction of sp³-hybridized carbons (Fsp3) is 0.667. The van der Waals surface area contributed by atoms with Crippen molar-refractivity contribution in [3.8, 4) is 0 Å². The molecule has 0 fully saturated rings. The summed E-state index contributed by atoms with van der Waals surface area (Å²) in [5.74, 6) is 0. The molecule has 0 aliphatic carbocycles. The standard InChI is InChI=1S/C18H30N2O/c1-18(2,3)17-14-20(11-7-8-12-21-4)16-10-6-5-9-15(16)13-19-17/h5-6,9-10,17,19H,7-8,11-14H2,1-4H3. The Bertz CT molecular complexity index is 439. The number of nitrogens with zero attached hydrogens (tertiary/aromatic N) is 1. The molecular weight excluding hydrogens is 260 g/mol. The number of para-hydroxylation sites is 1. The lowest BCUT2D eigenvalue weighted by Gasteiger charge is -2.35. The lowest BCUT2D eigenvalue weighted by Crippen LogP contribution is -2.46. The second-order valence-corrected chi connectivity index (χ2v) is 7.07. The number of ether oxygens (including phenoxy) is 1. The maximum atomic E-state index is 5.17. The molecule has 0 saturated carbocycles. The van der Waals surface area contributed by atoms with Gasteiger partial charge >= 0.3 is 0 Å². The second-order valence-electron chi connectivity index (χ2n) is 7.07. The van der Waals surface area contributed by atoms with Crippen LogP contribution in [0.5, 0.6) is 0 Å². The first-order valence-corrected chi connectivity index (χ1v) is 8.07. The van der Waals surface area contributed by atoms with Gasteiger partial charge in [-0.3, -0.25) is 0 Å². The molecule has 118 valence electrons. The Labute approximate surface area is 129 Å². The highest BCUT2D eigenvalue weighted by Crippen LogP contribution is 2.29. The number of fused-ring (bicyclic) bond motifs is 1. The van der Waals surface area contributed by atoms with Gasteiger partial charge in [0, 0.05) is 45.1 Å². The van der Waals surface area contributed by atoms with E-state index in [9.17, 15) is 0 Å². The number of rotatable bonds is 5. The fourth-order valence-electron chi connectivity index (χ4n) is 2.93. The van der Waals surface area contributed by atoms with Gasteiger partial charge in [-0.25, -0.2) is 0 Å². The van der Waals surface area contributed by atoms with Gasteiger partial charge in [-0.15, -0.1) is 0 Å². The molecule has 0 saturated heterocycles. The Balaban J connectivity index is 2.12. The van der Waals surface area contributed by atoms with Crippen LogP contribution < -0.4 is 10.2 Å². The molecule has 3 heteroatoms. The minimum atomic E-state index is 0.271. The Hall–Kier alpha value is -1.06. The molecule has 21 heavy (non-hydrogen) atoms. The predicted molar refractivity (Wildman–Crippen MR) is 89.8 cm³/mol. The summed E-state index contributed by atoms with van der Waals surface area (Å²) in [4.78, 5) is 2.56. The maximum Gasteiger partial charge on any atom is 0.0462 e. The summed E-state index contributed by atoms with van der Waals surface area (Å²) < 4.78 is 5.17. The van der Waals surface area contributed by atoms with Gasteiger partial charge in [-0.1, -0.05) is 39.0 Å². The predicted octanol–water partition coefficient (Wildman–Crippen LogP) is 3.44. The van der Waals surface area contributed by atoms with E-state index in [4.69, 9.17) is 4.74 Å². The van der Waals surface area contributed by atoms with Crippen LogP contribution in [0.4, 0.5) is 5.69 Å². The molecule has 0 aromatic heterocycles. The number of hydrogen-bond acceptors (Lipinski definition) is 3. The molecule has 1 aromatic rings. The molecule has 1 aromatic carbocycles. The van der Waals surface area contributed by atoms with Gasteiger partial charge in [0.15, 0.2) is 0 Å². The van der Waals surface area contributed by atoms with Crippen LogP contribution in [0.2, 0.25) is 0 Å². The van der Waals surface area contributed by atoms with E-state index in [1.165, 1.54) is 17.7 Å². The van der Waals surface area contributed by atoms with E-state index >= 15 is 0 Å². The molecule has 1 heterocycles. The third-order valence-corrected chi connectivity index (χ3v) is 4.35. The molecule has 1 aliphatic heterocycles. The van der Waals surface area contributed by atoms with Gasteiger partial charge in [0.05, 0.1) is 0 Å². The van der Waals surface area contributed by atoms with Crippen LogP contribution in [0.1, 0.15) is 39.2 Å². The molecule has 0 radical (unpaired) electrons. The third kappa shape index (κ3) is 4.45. The molecule has 2 rings (SSSR count). The van der Waals surface area contributed by atoms with Crippen molar-refractivity contribution in [1.29, 1.82) is 0 Å². The largest absolute Gasteiger partial charge is 0.385 e. The molecule has 1 aliphatic rings. The van der Waals surface area contributed by atoms with Gasteiger partial charge in [0.1, 0.15) is 0 Å². The molecule has 0 amide bonds. The number of benzene rings is 1. The minimum Gasteiger partial charge on any atom is -0.385 e. The minimum absolute atomic E-state index is 0.271. The van der Waals surface area contributed by atoms with Crippen molar-refractivity contribution >= 4 is 5.69 Å². The van der Waals surface area contributed by atoms with E-state index in [1.807, 2.05) is 0 Å². The lowest BCUT2D eigenvalue weighted by molar-refractivity contribution is 0.193. The lowest BCUT2D eigenvalue weighted by atomic mass is 9.86. The number of nitrogens with one attached hydrogen (secondary N) is 1. The molecule has 1 unspecified atom stereocenters. The van der Waals surface area contributed by atoms with Crippen molar-refractivity contribution in [2.45, 2.75) is 46.2 Å². The maximum absolute atomic E-state index is 5.17. The smallest absolute Gasteiger partial charge is 0.0462 e. The highest BCUT2D eigenvalue weighted by molar-refractivity contribution is 5.54. The van der Waals surface area contributed by atoms with Crippen molar-refractivity contribution in [1.82, 2.24) is 5.32 Å². The van der Waals surface area contributed by atoms with Crippen molar-refractivity contribution in [3.05, 3.63) is 29.8 Å². The van der Waals surface area contributed by atoms with E-state index in [0.29, 0.717) is 6.04 Å². The van der Waals surface area contributed by atoms with Crippen LogP contribution in [-0.2, 0) is 11.3 Å². The normalized spacial score (nSPS) is 19.2. The SMILES string of the molecule is COCCCCN1CC(C(C)(C)C)NCc2ccccc21. The Morgan fingerprint density at radius 1 is 1.24 bits per heavy atom. The molecule has 1 atom stereocenters. The van der Waals surface area contributed by atoms with Crippen LogP contribution >= 0.6 is 0 Å². The fourth-order valence-corrected chi connectivity index (χ4v) is 2.93. The number of unbranched alkanes of at least 4 members (excludes halogenated alkanes) is 1. The molecule has 1 N–H and O–H groups in total. The number of anilines is 1. The van der Waals surface area contributed by atoms with Crippen LogP contribution in [0.25, 0.3) is 0 Å². The Morgan fingerprint density at radius 3 is 2.71 bits per heavy atom. The van der Waals surface area contributed by atoms with Gasteiger partial charge < -0.3 is 15.0 Å². The quantitative estimate of drug-likeness (QED) is 0.841. The van der Waals surface area contributed by atoms with E-state index in [-0.39, 0.29) is 5.41 Å². The summed E-state index contributed by atoms with van der Waals surface area (Å²) in [6.07, 6.45) is 2.31. The van der Waals surface area contributed by atoms with Crippen LogP contribution in [-0.4, -0.2) is 32.8 Å². The topological polar surface area (TPSA) is 24.5 Å². The van der Waals surface area contributed by atoms with E-state index < -0.39 is 0 Å². The summed E-state index contributed by atoms with van der Waals surface area (Å²) in [6.45, 7) is 11.0. The van der Waals surface area contributed by atoms with E-state index in [2.05, 4.69) is 55.3 Å². The van der Waals surface area contributed by atoms with Gasteiger partial charge in [0.25, 0.3) is 0 Å². The first-order chi connectivity index (χ1) is 10.0. The number of methoxy groups -OCH3 is 1. The van der Waals surface area contributed by atoms with E-state index in [1.54, 1.807) is 7.11 Å². The van der Waals surface area contributed by atoms with E-state index in [0.717, 1.165) is 32.7 Å². The van der Waals surface area contributed by atoms with Crippen molar-refractivity contribution in [3.63, 3.8) is 0 Å². The monoisotopic (exact) mass is 290 g/mol. The number of hydrogen-bond donors (Lipinski definition) is 1. The zero-order valence-electron chi connectivity index (χ0n) is 14.0. The van der Waals surface area contributed by atoms with Crippen molar-refractivity contribution < 1.29 is 4.74 Å². The van der Waals surface area contributed by atoms with Crippen LogP contribution in [0.3, 0.4) is 0 Å². The third-order valence-electron chi connectivity index (χ3n) is 4.35. The van der Waals surface area contributed by atoms with Gasteiger partial charge in [-0.2, -0.15) is 0 Å². The molecule has 0 bridgehead atoms. The first-order valence-electron chi connectivity index (χ1n) is 8.07. The van der Waals surface area contributed by atoms with Gasteiger partial charge in [-0.05, 0) is 29.9 Å². The second kappa shape index (κ2) is 7.28. The summed E-state index contributed by atoms with van der Waals surface area (Å²) in [5.41, 5.74) is 3.08. The first kappa shape index (κ1) is 16.3. The highest BCUT2D eigenvalue weighted by Gasteiger charge is 2.29. The molecule has 0 spiro atoms. The molecular formula is C18H30N2O. The Morgan fingerprint density at radius 2 is 2.00 bits per heavy atom. The Kier molecular flexibility index (Phi) is 5.65. The summed E-state index contributed by atoms with van der Waals surface area (Å²) in [5, 5.41) is 3.74. The summed E-state index contributed by atoms with van der Waals surface area (Å²) >= 11 is 0. The average Bonchev–Trinajstić information content (AvgIpc) is 2.63. The summed E-state index contributed by atoms with van der Waals surface area (Å²) in [7, 11) is 1.78. The van der Waals surface area contributed by atoms with Crippen molar-refractivity contribution in [2.24, 2.45) is 5.41 Å². The summed E-state index contributed by atoms with van der Waals surface area (Å²) in [6, 6.07) is 9.31. The highest BCUT2D eigenvalue weighted by atomic mass is 16.5. The van der Waals surface area contributed by atoms with Crippen LogP contribution in [0.15, 0.2) is 24.3 Å². The average molecular weight is 290 g/mol. The van der Waals surface area contributed by atoms with Crippen molar-refractivity contribution in [2.75, 3.05) is 31.7 Å². The molecule has 3 nitrogen and oxygen atoms in total. The zero-order chi connectivity index (χ0) is 15.3. The zero-order valence-corrected chi connectivity index (χ0v) is 14.0. The van der Waals surface area contributed by atoms with Gasteiger partial charge in [0.2, 0.25) is 0 Å². The van der Waals surface area contributed by atoms with Crippen LogP contribution in [0, 0.1) is 5.41 Å².